The number of likely N-dealkylation sites (tertiary alicyclic amines) is 1. The molecule has 2 atom stereocenters. The van der Waals surface area contributed by atoms with E-state index in [0.29, 0.717) is 37.8 Å². The molecule has 2 aliphatic rings. The summed E-state index contributed by atoms with van der Waals surface area (Å²) in [5.74, 6) is 1.37. The quantitative estimate of drug-likeness (QED) is 0.540. The molecule has 0 unspecified atom stereocenters. The van der Waals surface area contributed by atoms with Crippen LogP contribution in [0.5, 0.6) is 11.5 Å². The number of ether oxygens (including phenoxy) is 2. The summed E-state index contributed by atoms with van der Waals surface area (Å²) in [6.07, 6.45) is 1.74. The molecule has 1 amide bonds. The average molecular weight is 499 g/mol. The van der Waals surface area contributed by atoms with Crippen molar-refractivity contribution in [3.05, 3.63) is 48.3 Å². The van der Waals surface area contributed by atoms with Crippen molar-refractivity contribution < 1.29 is 22.7 Å². The van der Waals surface area contributed by atoms with E-state index in [1.54, 1.807) is 11.0 Å². The molecule has 35 heavy (non-hydrogen) atoms. The van der Waals surface area contributed by atoms with Crippen molar-refractivity contribution in [1.82, 2.24) is 19.6 Å². The minimum absolute atomic E-state index is 0.0407. The Hall–Kier alpha value is -3.11. The van der Waals surface area contributed by atoms with E-state index in [1.165, 1.54) is 12.1 Å². The molecule has 1 saturated heterocycles. The van der Waals surface area contributed by atoms with Crippen LogP contribution < -0.4 is 14.2 Å². The molecule has 2 aliphatic heterocycles. The summed E-state index contributed by atoms with van der Waals surface area (Å²) in [5, 5.41) is 0. The first-order valence-electron chi connectivity index (χ1n) is 12.0. The number of rotatable bonds is 6. The number of fused-ring (bicyclic) bond motifs is 2. The van der Waals surface area contributed by atoms with Crippen molar-refractivity contribution in [2.24, 2.45) is 5.92 Å². The summed E-state index contributed by atoms with van der Waals surface area (Å²) in [6, 6.07) is 11.5. The number of hydrogen-bond acceptors (Lipinski definition) is 6. The fourth-order valence-electron chi connectivity index (χ4n) is 4.66. The lowest BCUT2D eigenvalue weighted by atomic mass is 9.95. The number of para-hydroxylation sites is 2. The normalized spacial score (nSPS) is 19.2. The number of nitrogens with one attached hydrogen (secondary N) is 2. The van der Waals surface area contributed by atoms with Crippen LogP contribution in [0, 0.1) is 5.92 Å². The van der Waals surface area contributed by atoms with Gasteiger partial charge in [0, 0.05) is 25.1 Å². The maximum atomic E-state index is 13.6. The minimum atomic E-state index is -3.96. The van der Waals surface area contributed by atoms with Crippen molar-refractivity contribution in [2.45, 2.75) is 43.5 Å². The predicted molar refractivity (Wildman–Crippen MR) is 131 cm³/mol. The number of imidazole rings is 1. The van der Waals surface area contributed by atoms with Gasteiger partial charge in [0.25, 0.3) is 0 Å². The predicted octanol–water partition coefficient (Wildman–Crippen LogP) is 3.04. The molecule has 9 nitrogen and oxygen atoms in total. The van der Waals surface area contributed by atoms with Gasteiger partial charge in [0.05, 0.1) is 15.9 Å². The first-order chi connectivity index (χ1) is 16.8. The van der Waals surface area contributed by atoms with Crippen LogP contribution in [0.2, 0.25) is 0 Å². The maximum absolute atomic E-state index is 13.6. The lowest BCUT2D eigenvalue weighted by Crippen LogP contribution is -2.53. The summed E-state index contributed by atoms with van der Waals surface area (Å²) in [5.41, 5.74) is 1.87. The number of H-pyrrole nitrogens is 1. The third kappa shape index (κ3) is 4.85. The lowest BCUT2D eigenvalue weighted by molar-refractivity contribution is -0.135. The Kier molecular flexibility index (Phi) is 6.41. The second-order valence-electron chi connectivity index (χ2n) is 9.41. The molecule has 5 rings (SSSR count). The number of carbonyl (C=O) groups excluding carboxylic acids is 1. The van der Waals surface area contributed by atoms with E-state index in [2.05, 4.69) is 9.71 Å². The highest BCUT2D eigenvalue weighted by Gasteiger charge is 2.35. The zero-order chi connectivity index (χ0) is 24.6. The molecule has 2 N–H and O–H groups in total. The summed E-state index contributed by atoms with van der Waals surface area (Å²) < 4.78 is 40.1. The molecule has 0 spiro atoms. The number of hydrogen-bond donors (Lipinski definition) is 2. The number of amides is 1. The topological polar surface area (TPSA) is 114 Å². The SMILES string of the molecule is CC(C)[C@@H](NS(=O)(=O)c1ccc2c(c1)OCCO2)C(=O)N1CCC[C@@H](c2nc3ccccc3[nH]2)C1. The van der Waals surface area contributed by atoms with E-state index < -0.39 is 16.1 Å². The summed E-state index contributed by atoms with van der Waals surface area (Å²) in [4.78, 5) is 23.5. The Balaban J connectivity index is 1.33. The van der Waals surface area contributed by atoms with Gasteiger partial charge in [0.2, 0.25) is 15.9 Å². The fraction of sp³-hybridized carbons (Fsp3) is 0.440. The maximum Gasteiger partial charge on any atom is 0.241 e. The Morgan fingerprint density at radius 1 is 1.14 bits per heavy atom. The van der Waals surface area contributed by atoms with Gasteiger partial charge in [-0.15, -0.1) is 0 Å². The van der Waals surface area contributed by atoms with Crippen molar-refractivity contribution in [3.8, 4) is 11.5 Å². The van der Waals surface area contributed by atoms with E-state index in [0.717, 1.165) is 29.7 Å². The van der Waals surface area contributed by atoms with E-state index in [9.17, 15) is 13.2 Å². The lowest BCUT2D eigenvalue weighted by Gasteiger charge is -2.35. The van der Waals surface area contributed by atoms with E-state index in [-0.39, 0.29) is 22.6 Å². The third-order valence-corrected chi connectivity index (χ3v) is 8.01. The molecule has 0 saturated carbocycles. The van der Waals surface area contributed by atoms with Gasteiger partial charge in [-0.1, -0.05) is 26.0 Å². The van der Waals surface area contributed by atoms with Crippen LogP contribution in [0.1, 0.15) is 38.4 Å². The van der Waals surface area contributed by atoms with Crippen LogP contribution in [-0.2, 0) is 14.8 Å². The molecule has 3 heterocycles. The molecule has 3 aromatic rings. The molecule has 186 valence electrons. The Morgan fingerprint density at radius 2 is 1.91 bits per heavy atom. The average Bonchev–Trinajstić information content (AvgIpc) is 3.31. The molecular weight excluding hydrogens is 468 g/mol. The van der Waals surface area contributed by atoms with Gasteiger partial charge >= 0.3 is 0 Å². The van der Waals surface area contributed by atoms with Crippen LogP contribution >= 0.6 is 0 Å². The molecule has 0 aliphatic carbocycles. The van der Waals surface area contributed by atoms with Crippen molar-refractivity contribution in [1.29, 1.82) is 0 Å². The van der Waals surface area contributed by atoms with E-state index in [4.69, 9.17) is 14.5 Å². The second kappa shape index (κ2) is 9.50. The zero-order valence-corrected chi connectivity index (χ0v) is 20.7. The highest BCUT2D eigenvalue weighted by molar-refractivity contribution is 7.89. The van der Waals surface area contributed by atoms with Crippen LogP contribution in [-0.4, -0.2) is 61.5 Å². The van der Waals surface area contributed by atoms with Crippen LogP contribution in [0.3, 0.4) is 0 Å². The largest absolute Gasteiger partial charge is 0.486 e. The zero-order valence-electron chi connectivity index (χ0n) is 19.9. The van der Waals surface area contributed by atoms with E-state index >= 15 is 0 Å². The summed E-state index contributed by atoms with van der Waals surface area (Å²) in [7, 11) is -3.96. The highest BCUT2D eigenvalue weighted by atomic mass is 32.2. The highest BCUT2D eigenvalue weighted by Crippen LogP contribution is 2.33. The molecule has 10 heteroatoms. The van der Waals surface area contributed by atoms with Crippen molar-refractivity contribution in [3.63, 3.8) is 0 Å². The monoisotopic (exact) mass is 498 g/mol. The number of aromatic amines is 1. The number of benzene rings is 2. The number of nitrogens with zero attached hydrogens (tertiary/aromatic N) is 2. The first-order valence-corrected chi connectivity index (χ1v) is 13.5. The van der Waals surface area contributed by atoms with Gasteiger partial charge in [-0.3, -0.25) is 4.79 Å². The number of carbonyl (C=O) groups is 1. The van der Waals surface area contributed by atoms with Gasteiger partial charge in [-0.05, 0) is 43.0 Å². The number of aromatic nitrogens is 2. The van der Waals surface area contributed by atoms with Crippen LogP contribution in [0.25, 0.3) is 11.0 Å². The molecule has 0 bridgehead atoms. The Labute approximate surface area is 204 Å². The third-order valence-electron chi connectivity index (χ3n) is 6.57. The minimum Gasteiger partial charge on any atom is -0.486 e. The fourth-order valence-corrected chi connectivity index (χ4v) is 6.01. The molecule has 0 radical (unpaired) electrons. The molecule has 1 aromatic heterocycles. The van der Waals surface area contributed by atoms with Crippen molar-refractivity contribution in [2.75, 3.05) is 26.3 Å². The van der Waals surface area contributed by atoms with Gasteiger partial charge in [0.15, 0.2) is 11.5 Å². The Morgan fingerprint density at radius 3 is 2.69 bits per heavy atom. The number of piperidine rings is 1. The van der Waals surface area contributed by atoms with Gasteiger partial charge in [-0.25, -0.2) is 13.4 Å². The first kappa shape index (κ1) is 23.6. The van der Waals surface area contributed by atoms with Gasteiger partial charge in [-0.2, -0.15) is 4.72 Å². The van der Waals surface area contributed by atoms with Gasteiger partial charge in [0.1, 0.15) is 25.1 Å². The smallest absolute Gasteiger partial charge is 0.241 e. The molecular formula is C25H30N4O5S. The summed E-state index contributed by atoms with van der Waals surface area (Å²) >= 11 is 0. The van der Waals surface area contributed by atoms with Crippen LogP contribution in [0.4, 0.5) is 0 Å². The summed E-state index contributed by atoms with van der Waals surface area (Å²) in [6.45, 7) is 5.55. The molecule has 2 aromatic carbocycles. The van der Waals surface area contributed by atoms with E-state index in [1.807, 2.05) is 38.1 Å². The standard InChI is InChI=1S/C25H30N4O5S/c1-16(2)23(28-35(31,32)18-9-10-21-22(14-18)34-13-12-33-21)25(30)29-11-5-6-17(15-29)24-26-19-7-3-4-8-20(19)27-24/h3-4,7-10,14,16-17,23,28H,5-6,11-13,15H2,1-2H3,(H,26,27)/t17-,23-/m1/s1. The molecule has 1 fully saturated rings. The number of sulfonamides is 1. The van der Waals surface area contributed by atoms with Gasteiger partial charge < -0.3 is 19.4 Å². The van der Waals surface area contributed by atoms with Crippen LogP contribution in [0.15, 0.2) is 47.4 Å². The second-order valence-corrected chi connectivity index (χ2v) is 11.1. The Bertz CT molecular complexity index is 1300. The van der Waals surface area contributed by atoms with Crippen molar-refractivity contribution >= 4 is 27.0 Å².